The zero-order valence-electron chi connectivity index (χ0n) is 10.8. The maximum absolute atomic E-state index is 13.0. The highest BCUT2D eigenvalue weighted by Crippen LogP contribution is 2.35. The van der Waals surface area contributed by atoms with Gasteiger partial charge >= 0.3 is 6.18 Å². The lowest BCUT2D eigenvalue weighted by molar-refractivity contribution is -0.385. The Morgan fingerprint density at radius 3 is 2.55 bits per heavy atom. The molecular weight excluding hydrogens is 301 g/mol. The first-order chi connectivity index (χ1) is 10.4. The molecule has 2 heterocycles. The van der Waals surface area contributed by atoms with Gasteiger partial charge in [-0.1, -0.05) is 18.2 Å². The number of halogens is 3. The van der Waals surface area contributed by atoms with E-state index in [0.717, 1.165) is 16.8 Å². The van der Waals surface area contributed by atoms with E-state index < -0.39 is 16.7 Å². The molecule has 22 heavy (non-hydrogen) atoms. The maximum Gasteiger partial charge on any atom is 0.417 e. The summed E-state index contributed by atoms with van der Waals surface area (Å²) in [6, 6.07) is 7.44. The number of fused-ring (bicyclic) bond motifs is 1. The highest BCUT2D eigenvalue weighted by molar-refractivity contribution is 5.63. The van der Waals surface area contributed by atoms with Gasteiger partial charge in [-0.2, -0.15) is 13.2 Å². The summed E-state index contributed by atoms with van der Waals surface area (Å²) >= 11 is 0. The van der Waals surface area contributed by atoms with E-state index in [0.29, 0.717) is 0 Å². The average molecular weight is 308 g/mol. The van der Waals surface area contributed by atoms with Crippen molar-refractivity contribution in [1.29, 1.82) is 0 Å². The van der Waals surface area contributed by atoms with Crippen LogP contribution < -0.4 is 0 Å². The molecule has 3 rings (SSSR count). The van der Waals surface area contributed by atoms with Crippen LogP contribution in [0, 0.1) is 10.1 Å². The second kappa shape index (κ2) is 4.79. The van der Waals surface area contributed by atoms with Gasteiger partial charge in [-0.15, -0.1) is 5.10 Å². The van der Waals surface area contributed by atoms with Gasteiger partial charge in [0.25, 0.3) is 5.69 Å². The summed E-state index contributed by atoms with van der Waals surface area (Å²) in [4.78, 5) is 14.1. The van der Waals surface area contributed by atoms with Gasteiger partial charge in [-0.25, -0.2) is 9.50 Å². The van der Waals surface area contributed by atoms with E-state index >= 15 is 0 Å². The lowest BCUT2D eigenvalue weighted by Crippen LogP contribution is -2.07. The molecule has 3 aromatic rings. The van der Waals surface area contributed by atoms with Crippen LogP contribution in [0.1, 0.15) is 5.56 Å². The van der Waals surface area contributed by atoms with Crippen LogP contribution >= 0.6 is 0 Å². The van der Waals surface area contributed by atoms with Gasteiger partial charge in [-0.3, -0.25) is 10.1 Å². The predicted molar refractivity (Wildman–Crippen MR) is 70.1 cm³/mol. The van der Waals surface area contributed by atoms with Gasteiger partial charge in [0, 0.05) is 11.6 Å². The van der Waals surface area contributed by atoms with Crippen molar-refractivity contribution in [2.75, 3.05) is 0 Å². The predicted octanol–water partition coefficient (Wildman–Crippen LogP) is 3.32. The van der Waals surface area contributed by atoms with E-state index in [2.05, 4.69) is 10.1 Å². The topological polar surface area (TPSA) is 73.3 Å². The first-order valence-corrected chi connectivity index (χ1v) is 6.04. The van der Waals surface area contributed by atoms with E-state index in [-0.39, 0.29) is 22.7 Å². The fraction of sp³-hybridized carbons (Fsp3) is 0.0769. The van der Waals surface area contributed by atoms with Crippen molar-refractivity contribution in [3.05, 3.63) is 58.3 Å². The molecule has 0 saturated carbocycles. The molecule has 0 aliphatic heterocycles. The zero-order valence-corrected chi connectivity index (χ0v) is 10.8. The number of pyridine rings is 1. The molecule has 6 nitrogen and oxygen atoms in total. The van der Waals surface area contributed by atoms with Crippen molar-refractivity contribution >= 4 is 11.3 Å². The van der Waals surface area contributed by atoms with Crippen molar-refractivity contribution in [2.24, 2.45) is 0 Å². The Morgan fingerprint density at radius 1 is 1.14 bits per heavy atom. The van der Waals surface area contributed by atoms with Gasteiger partial charge in [0.1, 0.15) is 6.20 Å². The third kappa shape index (κ3) is 2.36. The van der Waals surface area contributed by atoms with Crippen molar-refractivity contribution in [3.63, 3.8) is 0 Å². The summed E-state index contributed by atoms with van der Waals surface area (Å²) in [6.45, 7) is 0. The summed E-state index contributed by atoms with van der Waals surface area (Å²) in [5.74, 6) is -0.145. The van der Waals surface area contributed by atoms with E-state index in [4.69, 9.17) is 0 Å². The lowest BCUT2D eigenvalue weighted by Gasteiger charge is -2.09. The summed E-state index contributed by atoms with van der Waals surface area (Å²) < 4.78 is 40.1. The Bertz CT molecular complexity index is 873. The Morgan fingerprint density at radius 2 is 1.86 bits per heavy atom. The number of benzene rings is 1. The third-order valence-corrected chi connectivity index (χ3v) is 3.00. The Labute approximate surface area is 121 Å². The summed E-state index contributed by atoms with van der Waals surface area (Å²) in [5.41, 5.74) is -1.05. The molecule has 0 N–H and O–H groups in total. The second-order valence-electron chi connectivity index (χ2n) is 4.43. The van der Waals surface area contributed by atoms with E-state index in [9.17, 15) is 23.3 Å². The van der Waals surface area contributed by atoms with Gasteiger partial charge in [0.15, 0.2) is 11.5 Å². The number of hydrogen-bond acceptors (Lipinski definition) is 4. The van der Waals surface area contributed by atoms with E-state index in [1.54, 1.807) is 0 Å². The minimum atomic E-state index is -4.54. The number of alkyl halides is 3. The van der Waals surface area contributed by atoms with Crippen molar-refractivity contribution in [3.8, 4) is 11.4 Å². The van der Waals surface area contributed by atoms with Crippen LogP contribution in [0.25, 0.3) is 17.0 Å². The molecule has 0 saturated heterocycles. The monoisotopic (exact) mass is 308 g/mol. The molecular formula is C13H7F3N4O2. The largest absolute Gasteiger partial charge is 0.417 e. The smallest absolute Gasteiger partial charge is 0.258 e. The minimum Gasteiger partial charge on any atom is -0.258 e. The number of rotatable bonds is 2. The quantitative estimate of drug-likeness (QED) is 0.537. The maximum atomic E-state index is 13.0. The average Bonchev–Trinajstić information content (AvgIpc) is 2.89. The number of aromatic nitrogens is 3. The third-order valence-electron chi connectivity index (χ3n) is 3.00. The fourth-order valence-corrected chi connectivity index (χ4v) is 2.02. The molecule has 0 aliphatic carbocycles. The SMILES string of the molecule is O=[N+]([O-])c1ccc2nc(-c3ccccc3C(F)(F)F)nn2c1. The summed E-state index contributed by atoms with van der Waals surface area (Å²) in [6.07, 6.45) is -3.44. The molecule has 0 radical (unpaired) electrons. The molecule has 9 heteroatoms. The molecule has 112 valence electrons. The van der Waals surface area contributed by atoms with Gasteiger partial charge in [0.2, 0.25) is 0 Å². The Balaban J connectivity index is 2.18. The van der Waals surface area contributed by atoms with Crippen LogP contribution in [0.3, 0.4) is 0 Å². The van der Waals surface area contributed by atoms with Gasteiger partial charge in [0.05, 0.1) is 10.5 Å². The van der Waals surface area contributed by atoms with Crippen molar-refractivity contribution < 1.29 is 18.1 Å². The van der Waals surface area contributed by atoms with E-state index in [1.165, 1.54) is 30.3 Å². The van der Waals surface area contributed by atoms with Crippen LogP contribution in [0.5, 0.6) is 0 Å². The Hall–Kier alpha value is -2.97. The highest BCUT2D eigenvalue weighted by atomic mass is 19.4. The molecule has 1 aromatic carbocycles. The number of nitrogens with zero attached hydrogens (tertiary/aromatic N) is 4. The minimum absolute atomic E-state index is 0.145. The summed E-state index contributed by atoms with van der Waals surface area (Å²) in [7, 11) is 0. The lowest BCUT2D eigenvalue weighted by atomic mass is 10.1. The summed E-state index contributed by atoms with van der Waals surface area (Å²) in [5, 5.41) is 14.6. The molecule has 0 unspecified atom stereocenters. The van der Waals surface area contributed by atoms with Crippen LogP contribution in [0.2, 0.25) is 0 Å². The van der Waals surface area contributed by atoms with Gasteiger partial charge < -0.3 is 0 Å². The first-order valence-electron chi connectivity index (χ1n) is 6.04. The van der Waals surface area contributed by atoms with E-state index in [1.807, 2.05) is 0 Å². The number of hydrogen-bond donors (Lipinski definition) is 0. The second-order valence-corrected chi connectivity index (χ2v) is 4.43. The first kappa shape index (κ1) is 14.0. The standard InChI is InChI=1S/C13H7F3N4O2/c14-13(15,16)10-4-2-1-3-9(10)12-17-11-6-5-8(20(21)22)7-19(11)18-12/h1-7H. The normalized spacial score (nSPS) is 11.8. The molecule has 2 aromatic heterocycles. The van der Waals surface area contributed by atoms with Crippen molar-refractivity contribution in [2.45, 2.75) is 6.18 Å². The molecule has 0 bridgehead atoms. The fourth-order valence-electron chi connectivity index (χ4n) is 2.02. The van der Waals surface area contributed by atoms with Crippen LogP contribution in [0.15, 0.2) is 42.6 Å². The van der Waals surface area contributed by atoms with Crippen LogP contribution in [-0.2, 0) is 6.18 Å². The molecule has 0 amide bonds. The zero-order chi connectivity index (χ0) is 15.9. The van der Waals surface area contributed by atoms with Crippen molar-refractivity contribution in [1.82, 2.24) is 14.6 Å². The van der Waals surface area contributed by atoms with Crippen LogP contribution in [-0.4, -0.2) is 19.5 Å². The number of nitro groups is 1. The molecule has 0 aliphatic rings. The Kier molecular flexibility index (Phi) is 3.05. The van der Waals surface area contributed by atoms with Gasteiger partial charge in [-0.05, 0) is 12.1 Å². The molecule has 0 fully saturated rings. The molecule has 0 spiro atoms. The highest BCUT2D eigenvalue weighted by Gasteiger charge is 2.34. The van der Waals surface area contributed by atoms with Crippen LogP contribution in [0.4, 0.5) is 18.9 Å². The molecule has 0 atom stereocenters.